The summed E-state index contributed by atoms with van der Waals surface area (Å²) in [4.78, 5) is 15.6. The molecule has 128 valence electrons. The molecule has 2 heterocycles. The number of pyridine rings is 1. The second-order valence-electron chi connectivity index (χ2n) is 6.09. The Kier molecular flexibility index (Phi) is 4.48. The van der Waals surface area contributed by atoms with Crippen molar-refractivity contribution < 1.29 is 14.6 Å². The Bertz CT molecular complexity index is 758. The molecule has 1 aliphatic rings. The van der Waals surface area contributed by atoms with Crippen LogP contribution in [0.2, 0.25) is 0 Å². The number of ether oxygens (including phenoxy) is 1. The normalized spacial score (nSPS) is 19.8. The summed E-state index contributed by atoms with van der Waals surface area (Å²) in [6, 6.07) is 3.65. The average molecular weight is 331 g/mol. The summed E-state index contributed by atoms with van der Waals surface area (Å²) in [6.45, 7) is 2.58. The molecule has 3 rings (SSSR count). The van der Waals surface area contributed by atoms with E-state index in [1.807, 2.05) is 19.1 Å². The van der Waals surface area contributed by atoms with Gasteiger partial charge in [-0.1, -0.05) is 5.21 Å². The Balaban J connectivity index is 1.72. The van der Waals surface area contributed by atoms with E-state index >= 15 is 0 Å². The van der Waals surface area contributed by atoms with E-state index in [1.54, 1.807) is 11.7 Å². The molecule has 8 heteroatoms. The molecule has 1 saturated carbocycles. The van der Waals surface area contributed by atoms with Gasteiger partial charge in [0.1, 0.15) is 11.4 Å². The lowest BCUT2D eigenvalue weighted by Gasteiger charge is -2.33. The predicted molar refractivity (Wildman–Crippen MR) is 86.2 cm³/mol. The summed E-state index contributed by atoms with van der Waals surface area (Å²) >= 11 is 0. The Hall–Kier alpha value is -2.48. The van der Waals surface area contributed by atoms with Gasteiger partial charge in [-0.25, -0.2) is 4.98 Å². The minimum absolute atomic E-state index is 0.0745. The molecule has 1 aliphatic carbocycles. The highest BCUT2D eigenvalue weighted by atomic mass is 16.5. The van der Waals surface area contributed by atoms with Crippen LogP contribution >= 0.6 is 0 Å². The molecule has 0 spiro atoms. The minimum atomic E-state index is -0.739. The van der Waals surface area contributed by atoms with Gasteiger partial charge in [-0.2, -0.15) is 0 Å². The molecule has 0 bridgehead atoms. The monoisotopic (exact) mass is 331 g/mol. The molecule has 24 heavy (non-hydrogen) atoms. The largest absolute Gasteiger partial charge is 0.491 e. The summed E-state index contributed by atoms with van der Waals surface area (Å²) in [6.07, 6.45) is 1.62. The molecule has 0 saturated heterocycles. The van der Waals surface area contributed by atoms with Gasteiger partial charge in [0.15, 0.2) is 0 Å². The highest BCUT2D eigenvalue weighted by Gasteiger charge is 2.37. The third-order valence-electron chi connectivity index (χ3n) is 4.60. The number of nitrogens with zero attached hydrogens (tertiary/aromatic N) is 4. The summed E-state index contributed by atoms with van der Waals surface area (Å²) in [5.41, 5.74) is 8.64. The van der Waals surface area contributed by atoms with Crippen LogP contribution < -0.4 is 10.5 Å². The lowest BCUT2D eigenvalue weighted by Crippen LogP contribution is -2.36. The number of carboxylic acids is 1. The van der Waals surface area contributed by atoms with E-state index in [-0.39, 0.29) is 11.8 Å². The van der Waals surface area contributed by atoms with E-state index in [1.165, 1.54) is 0 Å². The van der Waals surface area contributed by atoms with Crippen LogP contribution in [0.5, 0.6) is 5.75 Å². The van der Waals surface area contributed by atoms with Crippen LogP contribution in [0.15, 0.2) is 12.1 Å². The summed E-state index contributed by atoms with van der Waals surface area (Å²) < 4.78 is 7.42. The van der Waals surface area contributed by atoms with Gasteiger partial charge in [0.2, 0.25) is 0 Å². The van der Waals surface area contributed by atoms with Crippen LogP contribution in [0.4, 0.5) is 0 Å². The molecule has 3 N–H and O–H groups in total. The van der Waals surface area contributed by atoms with Crippen molar-refractivity contribution in [3.05, 3.63) is 23.5 Å². The lowest BCUT2D eigenvalue weighted by molar-refractivity contribution is -0.148. The van der Waals surface area contributed by atoms with E-state index in [0.29, 0.717) is 30.3 Å². The average Bonchev–Trinajstić information content (AvgIpc) is 2.88. The van der Waals surface area contributed by atoms with Crippen LogP contribution in [0, 0.1) is 18.8 Å². The van der Waals surface area contributed by atoms with E-state index in [0.717, 1.165) is 24.2 Å². The third kappa shape index (κ3) is 2.96. The molecule has 0 unspecified atom stereocenters. The molecule has 8 nitrogen and oxygen atoms in total. The fourth-order valence-electron chi connectivity index (χ4n) is 2.93. The van der Waals surface area contributed by atoms with E-state index in [2.05, 4.69) is 15.3 Å². The first-order valence-corrected chi connectivity index (χ1v) is 7.93. The van der Waals surface area contributed by atoms with E-state index in [9.17, 15) is 4.79 Å². The maximum Gasteiger partial charge on any atom is 0.306 e. The van der Waals surface area contributed by atoms with Gasteiger partial charge < -0.3 is 15.6 Å². The fourth-order valence-corrected chi connectivity index (χ4v) is 2.93. The summed E-state index contributed by atoms with van der Waals surface area (Å²) in [5.74, 6) is -0.292. The molecule has 0 aromatic carbocycles. The second-order valence-corrected chi connectivity index (χ2v) is 6.09. The Morgan fingerprint density at radius 2 is 2.25 bits per heavy atom. The molecule has 2 aromatic rings. The molecular formula is C16H21N5O3. The molecule has 2 aromatic heterocycles. The number of carbonyl (C=O) groups is 1. The quantitative estimate of drug-likeness (QED) is 0.815. The zero-order valence-electron chi connectivity index (χ0n) is 13.8. The minimum Gasteiger partial charge on any atom is -0.491 e. The van der Waals surface area contributed by atoms with Gasteiger partial charge in [-0.3, -0.25) is 9.48 Å². The van der Waals surface area contributed by atoms with Gasteiger partial charge in [0.25, 0.3) is 0 Å². The van der Waals surface area contributed by atoms with Crippen LogP contribution in [-0.2, 0) is 18.4 Å². The van der Waals surface area contributed by atoms with Crippen molar-refractivity contribution in [2.45, 2.75) is 26.3 Å². The summed E-state index contributed by atoms with van der Waals surface area (Å²) in [7, 11) is 1.79. The molecule has 2 atom stereocenters. The Morgan fingerprint density at radius 3 is 2.83 bits per heavy atom. The van der Waals surface area contributed by atoms with Crippen LogP contribution in [0.1, 0.15) is 24.2 Å². The highest BCUT2D eigenvalue weighted by Crippen LogP contribution is 2.35. The lowest BCUT2D eigenvalue weighted by atomic mass is 9.74. The van der Waals surface area contributed by atoms with Crippen molar-refractivity contribution in [1.82, 2.24) is 20.0 Å². The van der Waals surface area contributed by atoms with Gasteiger partial charge in [0, 0.05) is 19.5 Å². The zero-order chi connectivity index (χ0) is 17.3. The van der Waals surface area contributed by atoms with Crippen molar-refractivity contribution in [3.8, 4) is 17.1 Å². The first-order valence-electron chi connectivity index (χ1n) is 7.93. The van der Waals surface area contributed by atoms with E-state index in [4.69, 9.17) is 15.6 Å². The van der Waals surface area contributed by atoms with Crippen molar-refractivity contribution >= 4 is 5.97 Å². The zero-order valence-corrected chi connectivity index (χ0v) is 13.8. The highest BCUT2D eigenvalue weighted by molar-refractivity contribution is 5.71. The molecule has 0 amide bonds. The van der Waals surface area contributed by atoms with Gasteiger partial charge in [-0.05, 0) is 31.9 Å². The number of rotatable bonds is 6. The standard InChI is InChI=1S/C16H21N5O3/c1-9-14(24-8-10-3-4-11(10)16(22)23)6-5-12(18-9)15-13(7-17)21(2)20-19-15/h5-6,10-11H,3-4,7-8,17H2,1-2H3,(H,22,23)/t10-,11+/m1/s1. The molecule has 1 fully saturated rings. The molecule has 0 aliphatic heterocycles. The number of aryl methyl sites for hydroxylation is 2. The van der Waals surface area contributed by atoms with Crippen molar-refractivity contribution in [3.63, 3.8) is 0 Å². The number of nitrogens with two attached hydrogens (primary N) is 1. The second kappa shape index (κ2) is 6.56. The number of hydrogen-bond donors (Lipinski definition) is 2. The maximum absolute atomic E-state index is 11.0. The van der Waals surface area contributed by atoms with Crippen molar-refractivity contribution in [1.29, 1.82) is 0 Å². The van der Waals surface area contributed by atoms with Crippen LogP contribution in [0.25, 0.3) is 11.4 Å². The fraction of sp³-hybridized carbons (Fsp3) is 0.500. The van der Waals surface area contributed by atoms with Crippen molar-refractivity contribution in [2.75, 3.05) is 6.61 Å². The number of aliphatic carboxylic acids is 1. The van der Waals surface area contributed by atoms with Gasteiger partial charge >= 0.3 is 5.97 Å². The van der Waals surface area contributed by atoms with Crippen molar-refractivity contribution in [2.24, 2.45) is 24.6 Å². The van der Waals surface area contributed by atoms with Gasteiger partial charge in [-0.15, -0.1) is 5.10 Å². The van der Waals surface area contributed by atoms with Gasteiger partial charge in [0.05, 0.1) is 29.6 Å². The van der Waals surface area contributed by atoms with E-state index < -0.39 is 5.97 Å². The first kappa shape index (κ1) is 16.4. The third-order valence-corrected chi connectivity index (χ3v) is 4.60. The molecular weight excluding hydrogens is 310 g/mol. The van der Waals surface area contributed by atoms with Crippen LogP contribution in [0.3, 0.4) is 0 Å². The smallest absolute Gasteiger partial charge is 0.306 e. The maximum atomic E-state index is 11.0. The first-order chi connectivity index (χ1) is 11.5. The predicted octanol–water partition coefficient (Wildman–Crippen LogP) is 1.13. The Morgan fingerprint density at radius 1 is 1.46 bits per heavy atom. The number of hydrogen-bond acceptors (Lipinski definition) is 6. The topological polar surface area (TPSA) is 116 Å². The number of aromatic nitrogens is 4. The summed E-state index contributed by atoms with van der Waals surface area (Å²) in [5, 5.41) is 17.2. The number of carboxylic acid groups (broad SMARTS) is 1. The molecule has 0 radical (unpaired) electrons. The van der Waals surface area contributed by atoms with Crippen LogP contribution in [-0.4, -0.2) is 37.7 Å². The SMILES string of the molecule is Cc1nc(-c2nnn(C)c2CN)ccc1OC[C@H]1CC[C@@H]1C(=O)O. The Labute approximate surface area is 139 Å².